The summed E-state index contributed by atoms with van der Waals surface area (Å²) in [5, 5.41) is 3.23. The Morgan fingerprint density at radius 2 is 1.62 bits per heavy atom. The van der Waals surface area contributed by atoms with Crippen LogP contribution in [0.2, 0.25) is 0 Å². The second kappa shape index (κ2) is 8.06. The van der Waals surface area contributed by atoms with Gasteiger partial charge in [-0.2, -0.15) is 0 Å². The van der Waals surface area contributed by atoms with E-state index in [1.807, 2.05) is 34.6 Å². The first-order chi connectivity index (χ1) is 12.1. The Labute approximate surface area is 157 Å². The molecule has 146 valence electrons. The van der Waals surface area contributed by atoms with Crippen molar-refractivity contribution < 1.29 is 13.2 Å². The quantitative estimate of drug-likeness (QED) is 0.786. The van der Waals surface area contributed by atoms with E-state index in [9.17, 15) is 13.2 Å². The molecule has 1 aliphatic heterocycles. The predicted octanol–water partition coefficient (Wildman–Crippen LogP) is 1.72. The molecule has 0 spiro atoms. The van der Waals surface area contributed by atoms with Crippen LogP contribution in [0.4, 0.5) is 0 Å². The van der Waals surface area contributed by atoms with Crippen molar-refractivity contribution in [2.24, 2.45) is 0 Å². The molecule has 1 aliphatic rings. The van der Waals surface area contributed by atoms with Crippen LogP contribution < -0.4 is 10.0 Å². The molecule has 0 bridgehead atoms. The molecule has 1 aromatic rings. The summed E-state index contributed by atoms with van der Waals surface area (Å²) in [7, 11) is -1.87. The molecule has 7 heteroatoms. The molecule has 1 atom stereocenters. The lowest BCUT2D eigenvalue weighted by Crippen LogP contribution is -2.40. The lowest BCUT2D eigenvalue weighted by atomic mass is 9.95. The fourth-order valence-electron chi connectivity index (χ4n) is 3.58. The average Bonchev–Trinajstić information content (AvgIpc) is 3.11. The zero-order chi connectivity index (χ0) is 19.6. The minimum atomic E-state index is -3.66. The Morgan fingerprint density at radius 1 is 1.08 bits per heavy atom. The minimum absolute atomic E-state index is 0.0360. The number of hydrogen-bond donors (Lipinski definition) is 2. The molecule has 0 saturated carbocycles. The van der Waals surface area contributed by atoms with Gasteiger partial charge in [0.2, 0.25) is 15.9 Å². The summed E-state index contributed by atoms with van der Waals surface area (Å²) in [5.74, 6) is -0.0360. The van der Waals surface area contributed by atoms with Gasteiger partial charge in [-0.25, -0.2) is 13.1 Å². The Hall–Kier alpha value is -1.44. The van der Waals surface area contributed by atoms with Gasteiger partial charge in [-0.15, -0.1) is 0 Å². The highest BCUT2D eigenvalue weighted by atomic mass is 32.2. The van der Waals surface area contributed by atoms with Crippen molar-refractivity contribution in [3.63, 3.8) is 0 Å². The van der Waals surface area contributed by atoms with Crippen molar-refractivity contribution in [1.82, 2.24) is 14.9 Å². The standard InChI is InChI=1S/C19H31N3O3S/c1-12-13(2)15(4)19(16(5)14(12)3)26(24,25)21-10-8-18(23)22(6)17-7-9-20-11-17/h17,20-21H,7-11H2,1-6H3. The predicted molar refractivity (Wildman–Crippen MR) is 104 cm³/mol. The van der Waals surface area contributed by atoms with Crippen molar-refractivity contribution in [2.45, 2.75) is 58.4 Å². The Morgan fingerprint density at radius 3 is 2.12 bits per heavy atom. The van der Waals surface area contributed by atoms with Gasteiger partial charge in [-0.05, 0) is 75.4 Å². The lowest BCUT2D eigenvalue weighted by molar-refractivity contribution is -0.131. The van der Waals surface area contributed by atoms with Gasteiger partial charge in [0.15, 0.2) is 0 Å². The number of benzene rings is 1. The summed E-state index contributed by atoms with van der Waals surface area (Å²) in [6.45, 7) is 11.4. The zero-order valence-electron chi connectivity index (χ0n) is 16.7. The van der Waals surface area contributed by atoms with Gasteiger partial charge in [-0.1, -0.05) is 0 Å². The normalized spacial score (nSPS) is 17.5. The first-order valence-electron chi connectivity index (χ1n) is 9.11. The highest BCUT2D eigenvalue weighted by molar-refractivity contribution is 7.89. The second-order valence-electron chi connectivity index (χ2n) is 7.25. The van der Waals surface area contributed by atoms with Crippen LogP contribution in [0.5, 0.6) is 0 Å². The molecule has 1 aromatic carbocycles. The van der Waals surface area contributed by atoms with Crippen LogP contribution in [0.15, 0.2) is 4.90 Å². The van der Waals surface area contributed by atoms with Gasteiger partial charge in [-0.3, -0.25) is 4.79 Å². The summed E-state index contributed by atoms with van der Waals surface area (Å²) < 4.78 is 28.3. The Kier molecular flexibility index (Phi) is 6.47. The van der Waals surface area contributed by atoms with E-state index in [1.165, 1.54) is 0 Å². The molecule has 0 aromatic heterocycles. The molecule has 1 saturated heterocycles. The highest BCUT2D eigenvalue weighted by Gasteiger charge is 2.25. The maximum Gasteiger partial charge on any atom is 0.241 e. The van der Waals surface area contributed by atoms with Crippen LogP contribution in [0.1, 0.15) is 40.7 Å². The number of carbonyl (C=O) groups excluding carboxylic acids is 1. The number of nitrogens with zero attached hydrogens (tertiary/aromatic N) is 1. The molecule has 26 heavy (non-hydrogen) atoms. The lowest BCUT2D eigenvalue weighted by Gasteiger charge is -2.24. The number of rotatable bonds is 6. The number of carbonyl (C=O) groups is 1. The van der Waals surface area contributed by atoms with Crippen molar-refractivity contribution in [2.75, 3.05) is 26.7 Å². The van der Waals surface area contributed by atoms with Gasteiger partial charge >= 0.3 is 0 Å². The molecule has 1 amide bonds. The molecule has 2 N–H and O–H groups in total. The Bertz CT molecular complexity index is 768. The fourth-order valence-corrected chi connectivity index (χ4v) is 5.21. The summed E-state index contributed by atoms with van der Waals surface area (Å²) in [6, 6.07) is 0.200. The third kappa shape index (κ3) is 4.10. The first-order valence-corrected chi connectivity index (χ1v) is 10.6. The van der Waals surface area contributed by atoms with Crippen molar-refractivity contribution in [3.8, 4) is 0 Å². The maximum absolute atomic E-state index is 12.9. The molecule has 1 unspecified atom stereocenters. The van der Waals surface area contributed by atoms with E-state index >= 15 is 0 Å². The second-order valence-corrected chi connectivity index (χ2v) is 8.96. The summed E-state index contributed by atoms with van der Waals surface area (Å²) >= 11 is 0. The van der Waals surface area contributed by atoms with Crippen LogP contribution in [-0.2, 0) is 14.8 Å². The van der Waals surface area contributed by atoms with Crippen molar-refractivity contribution in [1.29, 1.82) is 0 Å². The zero-order valence-corrected chi connectivity index (χ0v) is 17.5. The largest absolute Gasteiger partial charge is 0.341 e. The maximum atomic E-state index is 12.9. The van der Waals surface area contributed by atoms with Crippen LogP contribution >= 0.6 is 0 Å². The van der Waals surface area contributed by atoms with E-state index < -0.39 is 10.0 Å². The van der Waals surface area contributed by atoms with E-state index in [0.29, 0.717) is 4.90 Å². The molecule has 0 radical (unpaired) electrons. The number of sulfonamides is 1. The smallest absolute Gasteiger partial charge is 0.241 e. The summed E-state index contributed by atoms with van der Waals surface area (Å²) in [5.41, 5.74) is 4.68. The van der Waals surface area contributed by atoms with Gasteiger partial charge in [0.25, 0.3) is 0 Å². The molecule has 1 heterocycles. The SMILES string of the molecule is Cc1c(C)c(C)c(S(=O)(=O)NCCC(=O)N(C)C2CCNC2)c(C)c1C. The van der Waals surface area contributed by atoms with Crippen LogP contribution in [-0.4, -0.2) is 51.9 Å². The van der Waals surface area contributed by atoms with Crippen LogP contribution in [0, 0.1) is 34.6 Å². The molecule has 2 rings (SSSR count). The number of amides is 1. The van der Waals surface area contributed by atoms with Gasteiger partial charge in [0, 0.05) is 32.6 Å². The van der Waals surface area contributed by atoms with Gasteiger partial charge < -0.3 is 10.2 Å². The van der Waals surface area contributed by atoms with Crippen molar-refractivity contribution >= 4 is 15.9 Å². The summed E-state index contributed by atoms with van der Waals surface area (Å²) in [6.07, 6.45) is 1.10. The van der Waals surface area contributed by atoms with Gasteiger partial charge in [0.1, 0.15) is 0 Å². The van der Waals surface area contributed by atoms with E-state index in [-0.39, 0.29) is 24.9 Å². The molecule has 0 aliphatic carbocycles. The van der Waals surface area contributed by atoms with Crippen LogP contribution in [0.25, 0.3) is 0 Å². The first kappa shape index (κ1) is 20.9. The molecular formula is C19H31N3O3S. The number of hydrogen-bond acceptors (Lipinski definition) is 4. The van der Waals surface area contributed by atoms with Crippen LogP contribution in [0.3, 0.4) is 0 Å². The van der Waals surface area contributed by atoms with E-state index in [0.717, 1.165) is 47.3 Å². The topological polar surface area (TPSA) is 78.5 Å². The van der Waals surface area contributed by atoms with Gasteiger partial charge in [0.05, 0.1) is 4.90 Å². The van der Waals surface area contributed by atoms with Crippen molar-refractivity contribution in [3.05, 3.63) is 27.8 Å². The van der Waals surface area contributed by atoms with E-state index in [4.69, 9.17) is 0 Å². The molecule has 1 fully saturated rings. The third-order valence-corrected chi connectivity index (χ3v) is 7.54. The fraction of sp³-hybridized carbons (Fsp3) is 0.632. The average molecular weight is 382 g/mol. The monoisotopic (exact) mass is 381 g/mol. The Balaban J connectivity index is 2.09. The molecule has 6 nitrogen and oxygen atoms in total. The minimum Gasteiger partial charge on any atom is -0.341 e. The molecular weight excluding hydrogens is 350 g/mol. The van der Waals surface area contributed by atoms with E-state index in [1.54, 1.807) is 11.9 Å². The number of nitrogens with one attached hydrogen (secondary N) is 2. The third-order valence-electron chi connectivity index (χ3n) is 5.81. The van der Waals surface area contributed by atoms with E-state index in [2.05, 4.69) is 10.0 Å². The summed E-state index contributed by atoms with van der Waals surface area (Å²) in [4.78, 5) is 14.4. The highest BCUT2D eigenvalue weighted by Crippen LogP contribution is 2.29. The number of likely N-dealkylation sites (N-methyl/N-ethyl adjacent to an activating group) is 1.